The summed E-state index contributed by atoms with van der Waals surface area (Å²) in [6.07, 6.45) is -1.11. The SMILES string of the molecule is O=C(Oc1ccc(Cl)cc1)OC(Cl)(Cl)Cl. The normalized spacial score (nSPS) is 10.9. The van der Waals surface area contributed by atoms with Crippen molar-refractivity contribution in [1.29, 1.82) is 0 Å². The molecular formula is C8H4Cl4O3. The second kappa shape index (κ2) is 5.12. The summed E-state index contributed by atoms with van der Waals surface area (Å²) in [5.41, 5.74) is 0. The molecule has 0 aromatic heterocycles. The van der Waals surface area contributed by atoms with Gasteiger partial charge in [-0.25, -0.2) is 4.79 Å². The van der Waals surface area contributed by atoms with Crippen molar-refractivity contribution < 1.29 is 14.3 Å². The van der Waals surface area contributed by atoms with Gasteiger partial charge >= 0.3 is 10.1 Å². The number of carbonyl (C=O) groups is 1. The Morgan fingerprint density at radius 3 is 2.13 bits per heavy atom. The molecule has 0 aliphatic carbocycles. The van der Waals surface area contributed by atoms with Gasteiger partial charge in [0.25, 0.3) is 0 Å². The highest BCUT2D eigenvalue weighted by molar-refractivity contribution is 6.66. The predicted molar refractivity (Wildman–Crippen MR) is 58.9 cm³/mol. The standard InChI is InChI=1S/C8H4Cl4O3/c9-5-1-3-6(4-2-5)14-7(13)15-8(10,11)12/h1-4H. The summed E-state index contributed by atoms with van der Waals surface area (Å²) in [7, 11) is 0. The summed E-state index contributed by atoms with van der Waals surface area (Å²) in [6.45, 7) is 0. The van der Waals surface area contributed by atoms with E-state index >= 15 is 0 Å². The Labute approximate surface area is 106 Å². The molecule has 0 radical (unpaired) electrons. The summed E-state index contributed by atoms with van der Waals surface area (Å²) in [5.74, 6) is 0.235. The van der Waals surface area contributed by atoms with Gasteiger partial charge in [0, 0.05) is 5.02 Å². The smallest absolute Gasteiger partial charge is 0.395 e. The molecule has 1 aromatic carbocycles. The van der Waals surface area contributed by atoms with Gasteiger partial charge < -0.3 is 9.47 Å². The Bertz CT molecular complexity index is 344. The Hall–Kier alpha value is -0.350. The average Bonchev–Trinajstić information content (AvgIpc) is 2.05. The number of ether oxygens (including phenoxy) is 2. The zero-order chi connectivity index (χ0) is 11.5. The van der Waals surface area contributed by atoms with Crippen molar-refractivity contribution in [3.63, 3.8) is 0 Å². The number of benzene rings is 1. The third kappa shape index (κ3) is 5.33. The molecule has 0 N–H and O–H groups in total. The average molecular weight is 290 g/mol. The highest BCUT2D eigenvalue weighted by Crippen LogP contribution is 2.28. The van der Waals surface area contributed by atoms with Crippen molar-refractivity contribution in [3.05, 3.63) is 29.3 Å². The number of hydrogen-bond donors (Lipinski definition) is 0. The van der Waals surface area contributed by atoms with E-state index < -0.39 is 10.1 Å². The molecule has 0 aliphatic heterocycles. The molecule has 0 saturated carbocycles. The molecule has 0 saturated heterocycles. The minimum absolute atomic E-state index is 0.235. The van der Waals surface area contributed by atoms with Gasteiger partial charge in [0.2, 0.25) is 0 Å². The van der Waals surface area contributed by atoms with E-state index in [-0.39, 0.29) is 5.75 Å². The summed E-state index contributed by atoms with van der Waals surface area (Å²) in [4.78, 5) is 11.0. The fraction of sp³-hybridized carbons (Fsp3) is 0.125. The maximum Gasteiger partial charge on any atom is 0.517 e. The van der Waals surface area contributed by atoms with Crippen LogP contribution in [0.25, 0.3) is 0 Å². The van der Waals surface area contributed by atoms with Gasteiger partial charge in [-0.1, -0.05) is 11.6 Å². The minimum Gasteiger partial charge on any atom is -0.395 e. The van der Waals surface area contributed by atoms with Crippen molar-refractivity contribution in [2.24, 2.45) is 0 Å². The first-order valence-corrected chi connectivity index (χ1v) is 5.11. The Kier molecular flexibility index (Phi) is 4.34. The maximum absolute atomic E-state index is 11.0. The molecule has 0 heterocycles. The lowest BCUT2D eigenvalue weighted by molar-refractivity contribution is 0.0968. The molecule has 0 spiro atoms. The molecule has 3 nitrogen and oxygen atoms in total. The van der Waals surface area contributed by atoms with Crippen LogP contribution in [0.1, 0.15) is 0 Å². The summed E-state index contributed by atoms with van der Waals surface area (Å²) >= 11 is 21.2. The quantitative estimate of drug-likeness (QED) is 0.442. The predicted octanol–water partition coefficient (Wildman–Crippen LogP) is 4.18. The van der Waals surface area contributed by atoms with Crippen LogP contribution in [0.3, 0.4) is 0 Å². The lowest BCUT2D eigenvalue weighted by Crippen LogP contribution is -2.19. The Balaban J connectivity index is 2.55. The molecule has 1 aromatic rings. The van der Waals surface area contributed by atoms with Gasteiger partial charge in [-0.2, -0.15) is 0 Å². The molecule has 7 heteroatoms. The van der Waals surface area contributed by atoms with Crippen molar-refractivity contribution in [2.45, 2.75) is 3.98 Å². The van der Waals surface area contributed by atoms with Gasteiger partial charge in [-0.05, 0) is 59.1 Å². The first-order chi connectivity index (χ1) is 6.87. The van der Waals surface area contributed by atoms with E-state index in [4.69, 9.17) is 46.4 Å². The van der Waals surface area contributed by atoms with Crippen molar-refractivity contribution in [1.82, 2.24) is 0 Å². The van der Waals surface area contributed by atoms with E-state index in [0.29, 0.717) is 5.02 Å². The van der Waals surface area contributed by atoms with Crippen molar-refractivity contribution in [3.8, 4) is 5.75 Å². The largest absolute Gasteiger partial charge is 0.517 e. The van der Waals surface area contributed by atoms with Gasteiger partial charge in [0.15, 0.2) is 0 Å². The number of alkyl halides is 3. The number of rotatable bonds is 1. The monoisotopic (exact) mass is 288 g/mol. The van der Waals surface area contributed by atoms with Crippen molar-refractivity contribution in [2.75, 3.05) is 0 Å². The molecule has 1 rings (SSSR count). The third-order valence-corrected chi connectivity index (χ3v) is 1.70. The fourth-order valence-corrected chi connectivity index (χ4v) is 1.03. The van der Waals surface area contributed by atoms with Gasteiger partial charge in [0.1, 0.15) is 5.75 Å². The molecule has 0 fully saturated rings. The second-order valence-corrected chi connectivity index (χ2v) is 4.97. The molecule has 15 heavy (non-hydrogen) atoms. The molecule has 0 aliphatic rings. The first kappa shape index (κ1) is 12.7. The van der Waals surface area contributed by atoms with Crippen LogP contribution in [-0.2, 0) is 4.74 Å². The highest BCUT2D eigenvalue weighted by Gasteiger charge is 2.26. The van der Waals surface area contributed by atoms with E-state index in [1.807, 2.05) is 0 Å². The first-order valence-electron chi connectivity index (χ1n) is 3.60. The Morgan fingerprint density at radius 1 is 1.13 bits per heavy atom. The Morgan fingerprint density at radius 2 is 1.67 bits per heavy atom. The van der Waals surface area contributed by atoms with Crippen LogP contribution in [0.15, 0.2) is 24.3 Å². The summed E-state index contributed by atoms with van der Waals surface area (Å²) < 4.78 is 6.81. The van der Waals surface area contributed by atoms with Crippen LogP contribution >= 0.6 is 46.4 Å². The zero-order valence-electron chi connectivity index (χ0n) is 7.05. The van der Waals surface area contributed by atoms with E-state index in [9.17, 15) is 4.79 Å². The third-order valence-electron chi connectivity index (χ3n) is 1.21. The molecule has 0 atom stereocenters. The molecule has 0 amide bonds. The molecule has 82 valence electrons. The molecular weight excluding hydrogens is 286 g/mol. The summed E-state index contributed by atoms with van der Waals surface area (Å²) in [6, 6.07) is 6.03. The van der Waals surface area contributed by atoms with Crippen LogP contribution in [-0.4, -0.2) is 10.1 Å². The van der Waals surface area contributed by atoms with E-state index in [1.165, 1.54) is 12.1 Å². The zero-order valence-corrected chi connectivity index (χ0v) is 10.1. The lowest BCUT2D eigenvalue weighted by Gasteiger charge is -2.11. The molecule has 0 bridgehead atoms. The van der Waals surface area contributed by atoms with Gasteiger partial charge in [0.05, 0.1) is 0 Å². The lowest BCUT2D eigenvalue weighted by atomic mass is 10.3. The van der Waals surface area contributed by atoms with E-state index in [1.54, 1.807) is 12.1 Å². The maximum atomic E-state index is 11.0. The van der Waals surface area contributed by atoms with Crippen LogP contribution in [0.4, 0.5) is 4.79 Å². The highest BCUT2D eigenvalue weighted by atomic mass is 35.6. The topological polar surface area (TPSA) is 35.5 Å². The number of carbonyl (C=O) groups excluding carboxylic acids is 1. The second-order valence-electron chi connectivity index (χ2n) is 2.35. The molecule has 0 unspecified atom stereocenters. The van der Waals surface area contributed by atoms with Crippen LogP contribution < -0.4 is 4.74 Å². The van der Waals surface area contributed by atoms with Crippen LogP contribution in [0.5, 0.6) is 5.75 Å². The van der Waals surface area contributed by atoms with Crippen LogP contribution in [0.2, 0.25) is 5.02 Å². The number of halogens is 4. The number of hydrogen-bond acceptors (Lipinski definition) is 3. The van der Waals surface area contributed by atoms with Crippen LogP contribution in [0, 0.1) is 0 Å². The van der Waals surface area contributed by atoms with Gasteiger partial charge in [-0.15, -0.1) is 0 Å². The fourth-order valence-electron chi connectivity index (χ4n) is 0.714. The summed E-state index contributed by atoms with van der Waals surface area (Å²) in [5, 5.41) is 0.511. The minimum atomic E-state index is -2.14. The van der Waals surface area contributed by atoms with E-state index in [2.05, 4.69) is 9.47 Å². The van der Waals surface area contributed by atoms with Crippen molar-refractivity contribution >= 4 is 52.6 Å². The van der Waals surface area contributed by atoms with E-state index in [0.717, 1.165) is 0 Å². The van der Waals surface area contributed by atoms with Gasteiger partial charge in [-0.3, -0.25) is 0 Å².